The Morgan fingerprint density at radius 1 is 1.09 bits per heavy atom. The number of halogens is 1. The Morgan fingerprint density at radius 3 is 2.61 bits per heavy atom. The number of nitrogens with zero attached hydrogens (tertiary/aromatic N) is 2. The second kappa shape index (κ2) is 4.69. The van der Waals surface area contributed by atoms with E-state index in [0.29, 0.717) is 11.1 Å². The van der Waals surface area contributed by atoms with Crippen molar-refractivity contribution in [3.63, 3.8) is 0 Å². The van der Waals surface area contributed by atoms with Crippen LogP contribution in [0.1, 0.15) is 11.1 Å². The Labute approximate surface area is 142 Å². The highest BCUT2D eigenvalue weighted by Gasteiger charge is 2.51. The van der Waals surface area contributed by atoms with E-state index in [2.05, 4.69) is 15.9 Å². The molecule has 0 spiro atoms. The topological polar surface area (TPSA) is 45.5 Å². The number of para-hydroxylation sites is 1. The summed E-state index contributed by atoms with van der Waals surface area (Å²) in [5.74, 6) is -0.332. The highest BCUT2D eigenvalue weighted by Crippen LogP contribution is 2.46. The lowest BCUT2D eigenvalue weighted by Crippen LogP contribution is -2.39. The first-order valence-electron chi connectivity index (χ1n) is 7.29. The van der Waals surface area contributed by atoms with Gasteiger partial charge in [0.15, 0.2) is 5.60 Å². The van der Waals surface area contributed by atoms with Crippen LogP contribution < -0.4 is 4.90 Å². The summed E-state index contributed by atoms with van der Waals surface area (Å²) in [4.78, 5) is 14.4. The Bertz CT molecular complexity index is 963. The third-order valence-corrected chi connectivity index (χ3v) is 5.10. The summed E-state index contributed by atoms with van der Waals surface area (Å²) in [6, 6.07) is 13.3. The van der Waals surface area contributed by atoms with Gasteiger partial charge >= 0.3 is 0 Å². The van der Waals surface area contributed by atoms with Gasteiger partial charge in [-0.05, 0) is 24.3 Å². The number of aliphatic hydroxyl groups is 1. The van der Waals surface area contributed by atoms with Crippen molar-refractivity contribution in [2.75, 3.05) is 11.9 Å². The molecule has 2 aromatic carbocycles. The molecular weight excluding hydrogens is 356 g/mol. The Balaban J connectivity index is 2.08. The van der Waals surface area contributed by atoms with Gasteiger partial charge in [0.1, 0.15) is 0 Å². The minimum atomic E-state index is -1.67. The van der Waals surface area contributed by atoms with Crippen molar-refractivity contribution < 1.29 is 9.90 Å². The zero-order valence-electron chi connectivity index (χ0n) is 12.7. The maximum Gasteiger partial charge on any atom is 0.268 e. The largest absolute Gasteiger partial charge is 0.372 e. The van der Waals surface area contributed by atoms with Gasteiger partial charge in [-0.25, -0.2) is 0 Å². The highest BCUT2D eigenvalue weighted by molar-refractivity contribution is 9.10. The number of fused-ring (bicyclic) bond motifs is 2. The lowest BCUT2D eigenvalue weighted by atomic mass is 9.87. The molecule has 23 heavy (non-hydrogen) atoms. The van der Waals surface area contributed by atoms with Crippen LogP contribution in [-0.2, 0) is 17.4 Å². The van der Waals surface area contributed by atoms with E-state index in [1.165, 1.54) is 4.90 Å². The normalized spacial score (nSPS) is 20.3. The molecule has 0 fully saturated rings. The van der Waals surface area contributed by atoms with Gasteiger partial charge in [-0.15, -0.1) is 0 Å². The number of hydrogen-bond acceptors (Lipinski definition) is 2. The van der Waals surface area contributed by atoms with Crippen molar-refractivity contribution in [3.8, 4) is 0 Å². The van der Waals surface area contributed by atoms with Crippen LogP contribution in [0.25, 0.3) is 10.9 Å². The molecule has 1 atom stereocenters. The lowest BCUT2D eigenvalue weighted by Gasteiger charge is -2.21. The van der Waals surface area contributed by atoms with E-state index in [1.807, 2.05) is 60.3 Å². The molecule has 3 aromatic rings. The molecule has 1 N–H and O–H groups in total. The number of aromatic nitrogens is 1. The van der Waals surface area contributed by atoms with E-state index in [0.717, 1.165) is 21.1 Å². The predicted molar refractivity (Wildman–Crippen MR) is 93.5 cm³/mol. The van der Waals surface area contributed by atoms with Crippen LogP contribution in [-0.4, -0.2) is 22.6 Å². The number of benzene rings is 2. The van der Waals surface area contributed by atoms with Gasteiger partial charge in [-0.1, -0.05) is 34.1 Å². The number of aryl methyl sites for hydroxylation is 1. The minimum Gasteiger partial charge on any atom is -0.372 e. The average molecular weight is 371 g/mol. The third kappa shape index (κ3) is 1.77. The van der Waals surface area contributed by atoms with Crippen LogP contribution in [0.5, 0.6) is 0 Å². The summed E-state index contributed by atoms with van der Waals surface area (Å²) in [6.45, 7) is 0. The molecule has 0 saturated heterocycles. The number of carbonyl (C=O) groups excluding carboxylic acids is 1. The molecule has 0 bridgehead atoms. The molecule has 2 heterocycles. The third-order valence-electron chi connectivity index (χ3n) is 4.61. The van der Waals surface area contributed by atoms with Crippen LogP contribution in [0.3, 0.4) is 0 Å². The zero-order chi connectivity index (χ0) is 16.4. The molecular formula is C18H15BrN2O2. The Kier molecular flexibility index (Phi) is 2.95. The first kappa shape index (κ1) is 14.5. The van der Waals surface area contributed by atoms with Crippen LogP contribution in [0.4, 0.5) is 5.69 Å². The molecule has 0 unspecified atom stereocenters. The van der Waals surface area contributed by atoms with Crippen molar-refractivity contribution in [1.29, 1.82) is 0 Å². The lowest BCUT2D eigenvalue weighted by molar-refractivity contribution is -0.131. The molecule has 116 valence electrons. The molecule has 4 nitrogen and oxygen atoms in total. The molecule has 1 aliphatic heterocycles. The molecule has 1 aromatic heterocycles. The molecule has 1 aliphatic rings. The van der Waals surface area contributed by atoms with Crippen LogP contribution in [0, 0.1) is 0 Å². The maximum absolute atomic E-state index is 12.9. The van der Waals surface area contributed by atoms with Crippen LogP contribution >= 0.6 is 15.9 Å². The number of anilines is 1. The number of amides is 1. The van der Waals surface area contributed by atoms with Gasteiger partial charge in [0.05, 0.1) is 5.69 Å². The van der Waals surface area contributed by atoms with Crippen molar-refractivity contribution in [2.24, 2.45) is 7.05 Å². The fraction of sp³-hybridized carbons (Fsp3) is 0.167. The zero-order valence-corrected chi connectivity index (χ0v) is 14.3. The number of rotatable bonds is 1. The summed E-state index contributed by atoms with van der Waals surface area (Å²) in [6.07, 6.45) is 1.84. The second-order valence-electron chi connectivity index (χ2n) is 5.91. The van der Waals surface area contributed by atoms with E-state index in [4.69, 9.17) is 0 Å². The van der Waals surface area contributed by atoms with Gasteiger partial charge in [0.25, 0.3) is 5.91 Å². The first-order valence-corrected chi connectivity index (χ1v) is 8.09. The highest BCUT2D eigenvalue weighted by atomic mass is 79.9. The van der Waals surface area contributed by atoms with Gasteiger partial charge in [0.2, 0.25) is 0 Å². The Morgan fingerprint density at radius 2 is 1.83 bits per heavy atom. The van der Waals surface area contributed by atoms with Gasteiger partial charge in [0, 0.05) is 46.8 Å². The van der Waals surface area contributed by atoms with Crippen LogP contribution in [0.15, 0.2) is 53.1 Å². The van der Waals surface area contributed by atoms with Crippen molar-refractivity contribution in [2.45, 2.75) is 5.60 Å². The SMILES string of the molecule is CN1C(=O)[C@@](O)(c2cn(C)c3ccccc23)c2cc(Br)ccc21. The molecule has 0 saturated carbocycles. The number of likely N-dealkylation sites (N-methyl/N-ethyl adjacent to an activating group) is 1. The maximum atomic E-state index is 12.9. The van der Waals surface area contributed by atoms with E-state index >= 15 is 0 Å². The summed E-state index contributed by atoms with van der Waals surface area (Å²) in [7, 11) is 3.61. The fourth-order valence-corrected chi connectivity index (χ4v) is 3.81. The monoisotopic (exact) mass is 370 g/mol. The van der Waals surface area contributed by atoms with Gasteiger partial charge < -0.3 is 14.6 Å². The predicted octanol–water partition coefficient (Wildman–Crippen LogP) is 3.15. The fourth-order valence-electron chi connectivity index (χ4n) is 3.45. The van der Waals surface area contributed by atoms with Gasteiger partial charge in [-0.2, -0.15) is 0 Å². The Hall–Kier alpha value is -2.11. The summed E-state index contributed by atoms with van der Waals surface area (Å²) in [5, 5.41) is 12.3. The summed E-state index contributed by atoms with van der Waals surface area (Å²) >= 11 is 3.44. The van der Waals surface area contributed by atoms with E-state index in [1.54, 1.807) is 7.05 Å². The number of carbonyl (C=O) groups is 1. The van der Waals surface area contributed by atoms with Crippen molar-refractivity contribution in [1.82, 2.24) is 4.57 Å². The van der Waals surface area contributed by atoms with E-state index in [-0.39, 0.29) is 5.91 Å². The second-order valence-corrected chi connectivity index (χ2v) is 6.82. The molecule has 1 amide bonds. The van der Waals surface area contributed by atoms with Gasteiger partial charge in [-0.3, -0.25) is 4.79 Å². The smallest absolute Gasteiger partial charge is 0.268 e. The molecule has 4 rings (SSSR count). The first-order chi connectivity index (χ1) is 10.9. The minimum absolute atomic E-state index is 0.332. The van der Waals surface area contributed by atoms with Crippen molar-refractivity contribution >= 4 is 38.4 Å². The van der Waals surface area contributed by atoms with Crippen LogP contribution in [0.2, 0.25) is 0 Å². The standard InChI is InChI=1S/C18H15BrN2O2/c1-20-10-14(12-5-3-4-6-15(12)20)18(23)13-9-11(19)7-8-16(13)21(2)17(18)22/h3-10,23H,1-2H3/t18-/m0/s1. The molecule has 5 heteroatoms. The van der Waals surface area contributed by atoms with E-state index < -0.39 is 5.60 Å². The van der Waals surface area contributed by atoms with E-state index in [9.17, 15) is 9.90 Å². The summed E-state index contributed by atoms with van der Waals surface area (Å²) in [5.41, 5.74) is 1.26. The average Bonchev–Trinajstić information content (AvgIpc) is 2.98. The summed E-state index contributed by atoms with van der Waals surface area (Å²) < 4.78 is 2.77. The molecule has 0 radical (unpaired) electrons. The molecule has 0 aliphatic carbocycles. The number of hydrogen-bond donors (Lipinski definition) is 1. The van der Waals surface area contributed by atoms with Crippen molar-refractivity contribution in [3.05, 3.63) is 64.3 Å². The quantitative estimate of drug-likeness (QED) is 0.714.